The Labute approximate surface area is 328 Å². The van der Waals surface area contributed by atoms with Gasteiger partial charge in [-0.05, 0) is 85.4 Å². The van der Waals surface area contributed by atoms with E-state index in [1.165, 1.54) is 4.90 Å². The number of amides is 5. The lowest BCUT2D eigenvalue weighted by atomic mass is 9.80. The fraction of sp³-hybridized carbons (Fsp3) is 0.795. The minimum Gasteiger partial charge on any atom is -0.333 e. The smallest absolute Gasteiger partial charge is 0.315 e. The molecule has 3 aliphatic carbocycles. The van der Waals surface area contributed by atoms with E-state index in [0.717, 1.165) is 70.6 Å². The summed E-state index contributed by atoms with van der Waals surface area (Å²) in [5.41, 5.74) is -0.780. The first-order chi connectivity index (χ1) is 25.9. The summed E-state index contributed by atoms with van der Waals surface area (Å²) in [5.74, 6) is -2.51. The lowest BCUT2D eigenvalue weighted by Gasteiger charge is -2.40. The molecule has 2 aliphatic heterocycles. The van der Waals surface area contributed by atoms with Crippen molar-refractivity contribution >= 4 is 41.1 Å². The van der Waals surface area contributed by atoms with Crippen LogP contribution < -0.4 is 10.6 Å². The summed E-state index contributed by atoms with van der Waals surface area (Å²) >= 11 is 0. The maximum atomic E-state index is 15.0. The minimum atomic E-state index is -0.859. The second-order valence-corrected chi connectivity index (χ2v) is 19.6. The summed E-state index contributed by atoms with van der Waals surface area (Å²) < 4.78 is 0. The molecule has 1 spiro atoms. The molecule has 0 aromatic rings. The summed E-state index contributed by atoms with van der Waals surface area (Å²) in [6.45, 7) is 15.8. The molecule has 5 aliphatic rings. The molecule has 5 amide bonds. The molecule has 0 bridgehead atoms. The number of likely N-dealkylation sites (tertiary alicyclic amines) is 2. The van der Waals surface area contributed by atoms with Gasteiger partial charge in [0, 0.05) is 44.7 Å². The number of carbonyl (C=O) groups is 7. The van der Waals surface area contributed by atoms with Crippen molar-refractivity contribution in [1.29, 1.82) is 0 Å². The SMILES string of the molecule is C=CCCC(=O)C(=O)C(CCCC)CC(=O)[C@@H]1[C@H]2CCC3(CC3)[C@H]2CN1C(=O)[C@@H](NC(=O)N[C@H](CN1C(=O)CC(C)(C)CC1=O)C(C)(C)C)C1CCCCC1. The largest absolute Gasteiger partial charge is 0.333 e. The number of imide groups is 1. The van der Waals surface area contributed by atoms with Gasteiger partial charge in [0.1, 0.15) is 6.04 Å². The van der Waals surface area contributed by atoms with Crippen LogP contribution in [0.2, 0.25) is 0 Å². The third-order valence-electron chi connectivity index (χ3n) is 13.7. The number of piperidine rings is 1. The first kappa shape index (κ1) is 42.8. The van der Waals surface area contributed by atoms with Crippen LogP contribution in [0.15, 0.2) is 12.7 Å². The first-order valence-corrected chi connectivity index (χ1v) is 21.3. The van der Waals surface area contributed by atoms with Gasteiger partial charge in [0.15, 0.2) is 11.6 Å². The second-order valence-electron chi connectivity index (χ2n) is 19.6. The van der Waals surface area contributed by atoms with Gasteiger partial charge in [-0.2, -0.15) is 0 Å². The number of unbranched alkanes of at least 4 members (excludes halogenated alkanes) is 1. The molecular weight excluding hydrogens is 697 g/mol. The van der Waals surface area contributed by atoms with Gasteiger partial charge in [0.25, 0.3) is 0 Å². The number of fused-ring (bicyclic) bond motifs is 2. The molecule has 0 aromatic heterocycles. The zero-order valence-electron chi connectivity index (χ0n) is 34.5. The topological polar surface area (TPSA) is 150 Å². The first-order valence-electron chi connectivity index (χ1n) is 21.3. The summed E-state index contributed by atoms with van der Waals surface area (Å²) in [7, 11) is 0. The maximum absolute atomic E-state index is 15.0. The standard InChI is InChI=1S/C44H68N4O7/c1-8-10-15-29(39(53)32(49)18-11-9-2)23-33(50)38-30-19-20-44(21-22-44)31(30)26-48(38)40(54)37(28-16-13-12-14-17-28)46-41(55)45-34(42(3,4)5)27-47-35(51)24-43(6,7)25-36(47)52/h9,28-31,34,37-38H,2,8,10-27H2,1,3-7H3,(H2,45,46,55)/t29?,30-,31-,34+,37-,38-/m0/s1. The number of allylic oxidation sites excluding steroid dienone is 1. The highest BCUT2D eigenvalue weighted by Crippen LogP contribution is 2.66. The molecule has 306 valence electrons. The van der Waals surface area contributed by atoms with Crippen molar-refractivity contribution in [2.75, 3.05) is 13.1 Å². The number of nitrogens with one attached hydrogen (secondary N) is 2. The maximum Gasteiger partial charge on any atom is 0.315 e. The fourth-order valence-corrected chi connectivity index (χ4v) is 10.2. The van der Waals surface area contributed by atoms with E-state index in [-0.39, 0.29) is 78.9 Å². The average Bonchev–Trinajstić information content (AvgIpc) is 3.69. The monoisotopic (exact) mass is 765 g/mol. The highest BCUT2D eigenvalue weighted by Gasteiger charge is 2.63. The molecule has 2 saturated heterocycles. The van der Waals surface area contributed by atoms with Crippen LogP contribution in [0.5, 0.6) is 0 Å². The molecule has 1 unspecified atom stereocenters. The van der Waals surface area contributed by atoms with Gasteiger partial charge in [0.05, 0.1) is 12.1 Å². The lowest BCUT2D eigenvalue weighted by Crippen LogP contribution is -2.61. The van der Waals surface area contributed by atoms with Crippen molar-refractivity contribution in [3.05, 3.63) is 12.7 Å². The van der Waals surface area contributed by atoms with Gasteiger partial charge in [-0.1, -0.05) is 79.7 Å². The molecule has 0 aromatic carbocycles. The van der Waals surface area contributed by atoms with Crippen molar-refractivity contribution < 1.29 is 33.6 Å². The molecule has 5 rings (SSSR count). The Morgan fingerprint density at radius 2 is 1.60 bits per heavy atom. The molecule has 55 heavy (non-hydrogen) atoms. The normalized spacial score (nSPS) is 26.3. The molecule has 3 saturated carbocycles. The van der Waals surface area contributed by atoms with Crippen molar-refractivity contribution in [2.24, 2.45) is 39.9 Å². The van der Waals surface area contributed by atoms with Crippen molar-refractivity contribution in [3.8, 4) is 0 Å². The number of hydrogen-bond acceptors (Lipinski definition) is 7. The third-order valence-corrected chi connectivity index (χ3v) is 13.7. The Morgan fingerprint density at radius 3 is 2.18 bits per heavy atom. The van der Waals surface area contributed by atoms with E-state index in [0.29, 0.717) is 19.4 Å². The molecular formula is C44H68N4O7. The van der Waals surface area contributed by atoms with E-state index < -0.39 is 52.5 Å². The second kappa shape index (κ2) is 17.4. The predicted molar refractivity (Wildman–Crippen MR) is 210 cm³/mol. The van der Waals surface area contributed by atoms with Crippen molar-refractivity contribution in [1.82, 2.24) is 20.4 Å². The van der Waals surface area contributed by atoms with Crippen LogP contribution in [0, 0.1) is 39.9 Å². The van der Waals surface area contributed by atoms with Gasteiger partial charge in [-0.15, -0.1) is 6.58 Å². The lowest BCUT2D eigenvalue weighted by molar-refractivity contribution is -0.153. The zero-order valence-corrected chi connectivity index (χ0v) is 34.5. The molecule has 11 nitrogen and oxygen atoms in total. The molecule has 11 heteroatoms. The molecule has 6 atom stereocenters. The summed E-state index contributed by atoms with van der Waals surface area (Å²) in [6.07, 6.45) is 13.1. The third kappa shape index (κ3) is 9.96. The quantitative estimate of drug-likeness (QED) is 0.0950. The van der Waals surface area contributed by atoms with E-state index in [2.05, 4.69) is 17.2 Å². The highest BCUT2D eigenvalue weighted by atomic mass is 16.2. The van der Waals surface area contributed by atoms with Crippen LogP contribution in [-0.4, -0.2) is 82.1 Å². The van der Waals surface area contributed by atoms with Gasteiger partial charge in [0.2, 0.25) is 23.5 Å². The molecule has 5 fully saturated rings. The van der Waals surface area contributed by atoms with Crippen LogP contribution >= 0.6 is 0 Å². The highest BCUT2D eigenvalue weighted by molar-refractivity contribution is 6.38. The number of carbonyl (C=O) groups excluding carboxylic acids is 7. The number of rotatable bonds is 17. The van der Waals surface area contributed by atoms with E-state index in [4.69, 9.17) is 0 Å². The number of hydrogen-bond donors (Lipinski definition) is 2. The van der Waals surface area contributed by atoms with Gasteiger partial charge < -0.3 is 15.5 Å². The summed E-state index contributed by atoms with van der Waals surface area (Å²) in [6, 6.07) is -2.67. The molecule has 2 heterocycles. The van der Waals surface area contributed by atoms with Crippen molar-refractivity contribution in [3.63, 3.8) is 0 Å². The van der Waals surface area contributed by atoms with E-state index in [1.54, 1.807) is 11.0 Å². The van der Waals surface area contributed by atoms with Crippen LogP contribution in [0.3, 0.4) is 0 Å². The fourth-order valence-electron chi connectivity index (χ4n) is 10.2. The van der Waals surface area contributed by atoms with Gasteiger partial charge in [-0.3, -0.25) is 33.7 Å². The Kier molecular flexibility index (Phi) is 13.5. The molecule has 2 N–H and O–H groups in total. The number of Topliss-reactive ketones (excluding diaryl/α,β-unsaturated/α-hetero) is 3. The van der Waals surface area contributed by atoms with Crippen LogP contribution in [0.4, 0.5) is 4.79 Å². The van der Waals surface area contributed by atoms with Crippen LogP contribution in [-0.2, 0) is 28.8 Å². The predicted octanol–water partition coefficient (Wildman–Crippen LogP) is 6.71. The zero-order chi connectivity index (χ0) is 40.3. The van der Waals surface area contributed by atoms with Gasteiger partial charge in [-0.25, -0.2) is 4.79 Å². The molecule has 0 radical (unpaired) electrons. The van der Waals surface area contributed by atoms with Crippen LogP contribution in [0.1, 0.15) is 151 Å². The Hall–Kier alpha value is -3.37. The number of nitrogens with zero attached hydrogens (tertiary/aromatic N) is 2. The Balaban J connectivity index is 1.38. The number of urea groups is 1. The summed E-state index contributed by atoms with van der Waals surface area (Å²) in [4.78, 5) is 99.2. The van der Waals surface area contributed by atoms with E-state index >= 15 is 4.79 Å². The van der Waals surface area contributed by atoms with Crippen molar-refractivity contribution in [2.45, 2.75) is 169 Å². The van der Waals surface area contributed by atoms with E-state index in [9.17, 15) is 28.8 Å². The minimum absolute atomic E-state index is 0.00644. The Morgan fingerprint density at radius 1 is 0.945 bits per heavy atom. The van der Waals surface area contributed by atoms with Gasteiger partial charge >= 0.3 is 6.03 Å². The summed E-state index contributed by atoms with van der Waals surface area (Å²) in [5, 5.41) is 6.13. The van der Waals surface area contributed by atoms with E-state index in [1.807, 2.05) is 41.5 Å². The average molecular weight is 765 g/mol. The Bertz CT molecular complexity index is 1480. The number of ketones is 3. The van der Waals surface area contributed by atoms with Crippen LogP contribution in [0.25, 0.3) is 0 Å².